The fraction of sp³-hybridized carbons (Fsp3) is 0.364. The van der Waals surface area contributed by atoms with Gasteiger partial charge < -0.3 is 19.1 Å². The van der Waals surface area contributed by atoms with E-state index in [1.165, 1.54) is 0 Å². The molecule has 1 aliphatic rings. The van der Waals surface area contributed by atoms with E-state index in [2.05, 4.69) is 26.0 Å². The minimum Gasteiger partial charge on any atom is -0.383 e. The number of hydrogen-bond acceptors (Lipinski definition) is 4. The van der Waals surface area contributed by atoms with Gasteiger partial charge in [0.05, 0.1) is 29.4 Å². The molecule has 1 fully saturated rings. The second-order valence-corrected chi connectivity index (χ2v) is 10.8. The SMILES string of the molecule is CCc1cccc(C)c1N(C(=O)Cn1c([C@@H]2CC(=O)N(c3cccc(C)c3)C2)nc2ccccc21)[C@@H](C)COC. The molecule has 0 spiro atoms. The molecule has 3 aromatic carbocycles. The molecular weight excluding hydrogens is 500 g/mol. The first-order valence-electron chi connectivity index (χ1n) is 14.0. The van der Waals surface area contributed by atoms with Gasteiger partial charge >= 0.3 is 0 Å². The number of hydrogen-bond donors (Lipinski definition) is 0. The molecule has 0 N–H and O–H groups in total. The van der Waals surface area contributed by atoms with Crippen molar-refractivity contribution in [3.05, 3.63) is 89.2 Å². The average molecular weight is 539 g/mol. The number of para-hydroxylation sites is 3. The van der Waals surface area contributed by atoms with E-state index in [9.17, 15) is 9.59 Å². The first kappa shape index (κ1) is 27.6. The number of carbonyl (C=O) groups is 2. The molecule has 5 rings (SSSR count). The normalized spacial score (nSPS) is 16.1. The molecule has 0 bridgehead atoms. The van der Waals surface area contributed by atoms with Gasteiger partial charge in [-0.1, -0.05) is 49.4 Å². The van der Waals surface area contributed by atoms with Crippen LogP contribution < -0.4 is 9.80 Å². The number of fused-ring (bicyclic) bond motifs is 1. The molecule has 2 atom stereocenters. The zero-order valence-corrected chi connectivity index (χ0v) is 24.1. The number of methoxy groups -OCH3 is 1. The van der Waals surface area contributed by atoms with Crippen molar-refractivity contribution in [3.8, 4) is 0 Å². The highest BCUT2D eigenvalue weighted by Crippen LogP contribution is 2.34. The highest BCUT2D eigenvalue weighted by atomic mass is 16.5. The molecule has 4 aromatic rings. The highest BCUT2D eigenvalue weighted by Gasteiger charge is 2.36. The fourth-order valence-corrected chi connectivity index (χ4v) is 5.97. The molecule has 1 aromatic heterocycles. The Balaban J connectivity index is 1.53. The minimum atomic E-state index is -0.160. The third-order valence-electron chi connectivity index (χ3n) is 7.84. The van der Waals surface area contributed by atoms with E-state index >= 15 is 0 Å². The van der Waals surface area contributed by atoms with Crippen molar-refractivity contribution in [2.24, 2.45) is 0 Å². The predicted octanol–water partition coefficient (Wildman–Crippen LogP) is 5.80. The maximum Gasteiger partial charge on any atom is 0.247 e. The zero-order valence-electron chi connectivity index (χ0n) is 24.1. The van der Waals surface area contributed by atoms with Gasteiger partial charge in [-0.2, -0.15) is 0 Å². The third kappa shape index (κ3) is 5.26. The lowest BCUT2D eigenvalue weighted by atomic mass is 10.0. The van der Waals surface area contributed by atoms with Crippen LogP contribution in [-0.2, 0) is 27.3 Å². The molecule has 7 heteroatoms. The molecule has 0 saturated carbocycles. The third-order valence-corrected chi connectivity index (χ3v) is 7.84. The Labute approximate surface area is 236 Å². The largest absolute Gasteiger partial charge is 0.383 e. The smallest absolute Gasteiger partial charge is 0.247 e. The number of ether oxygens (including phenoxy) is 1. The molecule has 0 radical (unpaired) electrons. The number of imidazole rings is 1. The molecule has 2 amide bonds. The molecule has 40 heavy (non-hydrogen) atoms. The van der Waals surface area contributed by atoms with Crippen molar-refractivity contribution in [2.75, 3.05) is 30.1 Å². The Morgan fingerprint density at radius 2 is 1.88 bits per heavy atom. The van der Waals surface area contributed by atoms with Crippen LogP contribution in [0, 0.1) is 13.8 Å². The molecule has 0 aliphatic carbocycles. The maximum absolute atomic E-state index is 14.3. The first-order chi connectivity index (χ1) is 19.3. The first-order valence-corrected chi connectivity index (χ1v) is 14.0. The van der Waals surface area contributed by atoms with Crippen LogP contribution in [0.4, 0.5) is 11.4 Å². The van der Waals surface area contributed by atoms with E-state index in [-0.39, 0.29) is 30.3 Å². The lowest BCUT2D eigenvalue weighted by Crippen LogP contribution is -2.44. The van der Waals surface area contributed by atoms with Crippen molar-refractivity contribution in [1.29, 1.82) is 0 Å². The highest BCUT2D eigenvalue weighted by molar-refractivity contribution is 5.98. The van der Waals surface area contributed by atoms with Crippen LogP contribution in [0.5, 0.6) is 0 Å². The summed E-state index contributed by atoms with van der Waals surface area (Å²) in [5, 5.41) is 0. The number of amides is 2. The van der Waals surface area contributed by atoms with Crippen molar-refractivity contribution in [2.45, 2.75) is 59.0 Å². The van der Waals surface area contributed by atoms with E-state index in [1.807, 2.05) is 82.8 Å². The Morgan fingerprint density at radius 1 is 1.10 bits per heavy atom. The monoisotopic (exact) mass is 538 g/mol. The molecular formula is C33H38N4O3. The number of benzene rings is 3. The number of rotatable bonds is 9. The Bertz CT molecular complexity index is 1540. The molecule has 1 aliphatic heterocycles. The Morgan fingerprint density at radius 3 is 2.62 bits per heavy atom. The second kappa shape index (κ2) is 11.6. The van der Waals surface area contributed by atoms with Gasteiger partial charge in [0.2, 0.25) is 11.8 Å². The van der Waals surface area contributed by atoms with E-state index in [0.29, 0.717) is 19.6 Å². The molecule has 0 unspecified atom stereocenters. The van der Waals surface area contributed by atoms with Crippen LogP contribution in [0.1, 0.15) is 48.7 Å². The molecule has 208 valence electrons. The van der Waals surface area contributed by atoms with E-state index in [0.717, 1.165) is 51.3 Å². The van der Waals surface area contributed by atoms with Gasteiger partial charge in [-0.3, -0.25) is 9.59 Å². The van der Waals surface area contributed by atoms with Gasteiger partial charge in [0, 0.05) is 31.7 Å². The molecule has 1 saturated heterocycles. The van der Waals surface area contributed by atoms with Crippen LogP contribution in [-0.4, -0.2) is 47.7 Å². The van der Waals surface area contributed by atoms with Crippen molar-refractivity contribution >= 4 is 34.2 Å². The summed E-state index contributed by atoms with van der Waals surface area (Å²) in [5.74, 6) is 0.696. The predicted molar refractivity (Wildman–Crippen MR) is 160 cm³/mol. The average Bonchev–Trinajstić information content (AvgIpc) is 3.50. The topological polar surface area (TPSA) is 67.7 Å². The Kier molecular flexibility index (Phi) is 8.03. The quantitative estimate of drug-likeness (QED) is 0.270. The lowest BCUT2D eigenvalue weighted by molar-refractivity contribution is -0.120. The van der Waals surface area contributed by atoms with Crippen LogP contribution in [0.2, 0.25) is 0 Å². The lowest BCUT2D eigenvalue weighted by Gasteiger charge is -2.32. The number of carbonyl (C=O) groups excluding carboxylic acids is 2. The summed E-state index contributed by atoms with van der Waals surface area (Å²) >= 11 is 0. The van der Waals surface area contributed by atoms with Crippen LogP contribution in [0.3, 0.4) is 0 Å². The standard InChI is InChI=1S/C33H38N4O3/c1-6-25-13-10-12-23(3)32(25)37(24(4)21-40-5)31(39)20-36-29-16-8-7-15-28(29)34-33(36)26-18-30(38)35(19-26)27-14-9-11-22(2)17-27/h7-17,24,26H,6,18-21H2,1-5H3/t24-,26+/m0/s1. The van der Waals surface area contributed by atoms with Crippen LogP contribution >= 0.6 is 0 Å². The van der Waals surface area contributed by atoms with Gasteiger partial charge in [-0.05, 0) is 68.1 Å². The Hall–Kier alpha value is -3.97. The van der Waals surface area contributed by atoms with Gasteiger partial charge in [-0.15, -0.1) is 0 Å². The van der Waals surface area contributed by atoms with Gasteiger partial charge in [0.25, 0.3) is 0 Å². The summed E-state index contributed by atoms with van der Waals surface area (Å²) in [6.45, 7) is 9.29. The molecule has 2 heterocycles. The number of aryl methyl sites for hydroxylation is 3. The number of nitrogens with zero attached hydrogens (tertiary/aromatic N) is 4. The van der Waals surface area contributed by atoms with E-state index in [4.69, 9.17) is 9.72 Å². The number of anilines is 2. The summed E-state index contributed by atoms with van der Waals surface area (Å²) in [5.41, 5.74) is 6.87. The fourth-order valence-electron chi connectivity index (χ4n) is 5.97. The summed E-state index contributed by atoms with van der Waals surface area (Å²) < 4.78 is 7.52. The van der Waals surface area contributed by atoms with Crippen molar-refractivity contribution < 1.29 is 14.3 Å². The van der Waals surface area contributed by atoms with Crippen molar-refractivity contribution in [3.63, 3.8) is 0 Å². The minimum absolute atomic E-state index is 0.0298. The van der Waals surface area contributed by atoms with Gasteiger partial charge in [-0.25, -0.2) is 4.98 Å². The van der Waals surface area contributed by atoms with Crippen LogP contribution in [0.25, 0.3) is 11.0 Å². The van der Waals surface area contributed by atoms with Crippen LogP contribution in [0.15, 0.2) is 66.7 Å². The summed E-state index contributed by atoms with van der Waals surface area (Å²) in [7, 11) is 1.66. The van der Waals surface area contributed by atoms with Gasteiger partial charge in [0.1, 0.15) is 12.4 Å². The summed E-state index contributed by atoms with van der Waals surface area (Å²) in [6, 6.07) is 21.9. The second-order valence-electron chi connectivity index (χ2n) is 10.8. The molecule has 7 nitrogen and oxygen atoms in total. The summed E-state index contributed by atoms with van der Waals surface area (Å²) in [6.07, 6.45) is 1.17. The van der Waals surface area contributed by atoms with Gasteiger partial charge in [0.15, 0.2) is 0 Å². The number of aromatic nitrogens is 2. The maximum atomic E-state index is 14.3. The summed E-state index contributed by atoms with van der Waals surface area (Å²) in [4.78, 5) is 36.2. The van der Waals surface area contributed by atoms with E-state index in [1.54, 1.807) is 7.11 Å². The van der Waals surface area contributed by atoms with Crippen molar-refractivity contribution in [1.82, 2.24) is 9.55 Å². The zero-order chi connectivity index (χ0) is 28.4. The van der Waals surface area contributed by atoms with E-state index < -0.39 is 0 Å².